The highest BCUT2D eigenvalue weighted by Crippen LogP contribution is 2.41. The van der Waals surface area contributed by atoms with Crippen molar-refractivity contribution >= 4 is 33.8 Å². The van der Waals surface area contributed by atoms with Gasteiger partial charge in [0.2, 0.25) is 5.91 Å². The molecule has 10 heteroatoms. The second-order valence-electron chi connectivity index (χ2n) is 7.85. The van der Waals surface area contributed by atoms with E-state index >= 15 is 0 Å². The Morgan fingerprint density at radius 2 is 1.97 bits per heavy atom. The fraction of sp³-hybridized carbons (Fsp3) is 0.318. The zero-order chi connectivity index (χ0) is 23.2. The van der Waals surface area contributed by atoms with Gasteiger partial charge in [-0.2, -0.15) is 4.39 Å². The Morgan fingerprint density at radius 1 is 1.25 bits per heavy atom. The number of hydrogen-bond donors (Lipinski definition) is 2. The largest absolute Gasteiger partial charge is 0.480 e. The summed E-state index contributed by atoms with van der Waals surface area (Å²) in [6, 6.07) is 6.93. The van der Waals surface area contributed by atoms with Crippen LogP contribution in [0.15, 0.2) is 46.9 Å². The Bertz CT molecular complexity index is 1110. The Labute approximate surface area is 191 Å². The standard InChI is InChI=1S/C22H20BrFN2O6/c1-11(13-6-7-16-17(10-13)32-22(2,24)31-16)25-21(30)26-18(20(28)29)15(19(26)27)9-12-4-3-5-14(23)8-12/h3-8,10-11,15,18H,9H2,1-2H3,(H,25,30)(H,28,29)/t11-,15-,18+,22?/m1/s1. The van der Waals surface area contributed by atoms with E-state index in [4.69, 9.17) is 9.47 Å². The lowest BCUT2D eigenvalue weighted by molar-refractivity contribution is -0.173. The predicted octanol–water partition coefficient (Wildman–Crippen LogP) is 3.79. The molecule has 2 aromatic rings. The van der Waals surface area contributed by atoms with Crippen LogP contribution in [0.3, 0.4) is 0 Å². The number of urea groups is 1. The maximum atomic E-state index is 13.9. The summed E-state index contributed by atoms with van der Waals surface area (Å²) < 4.78 is 24.7. The van der Waals surface area contributed by atoms with E-state index in [-0.39, 0.29) is 17.9 Å². The number of benzene rings is 2. The van der Waals surface area contributed by atoms with Gasteiger partial charge in [-0.1, -0.05) is 34.1 Å². The zero-order valence-electron chi connectivity index (χ0n) is 17.2. The number of ether oxygens (including phenoxy) is 2. The minimum Gasteiger partial charge on any atom is -0.480 e. The first-order valence-corrected chi connectivity index (χ1v) is 10.7. The quantitative estimate of drug-likeness (QED) is 0.597. The highest BCUT2D eigenvalue weighted by atomic mass is 79.9. The highest BCUT2D eigenvalue weighted by molar-refractivity contribution is 9.10. The first-order chi connectivity index (χ1) is 15.1. The first kappa shape index (κ1) is 22.1. The molecule has 0 radical (unpaired) electrons. The van der Waals surface area contributed by atoms with Crippen molar-refractivity contribution in [3.63, 3.8) is 0 Å². The van der Waals surface area contributed by atoms with Gasteiger partial charge in [-0.05, 0) is 48.7 Å². The van der Waals surface area contributed by atoms with Gasteiger partial charge in [-0.3, -0.25) is 4.79 Å². The summed E-state index contributed by atoms with van der Waals surface area (Å²) in [5, 5.41) is 12.3. The van der Waals surface area contributed by atoms with Crippen LogP contribution < -0.4 is 14.8 Å². The monoisotopic (exact) mass is 506 g/mol. The van der Waals surface area contributed by atoms with E-state index < -0.39 is 42.0 Å². The molecular weight excluding hydrogens is 487 g/mol. The second kappa shape index (κ2) is 8.09. The summed E-state index contributed by atoms with van der Waals surface area (Å²) in [6.45, 7) is 2.78. The van der Waals surface area contributed by atoms with Crippen LogP contribution in [-0.4, -0.2) is 40.0 Å². The molecule has 2 aliphatic heterocycles. The van der Waals surface area contributed by atoms with E-state index in [0.717, 1.165) is 21.9 Å². The summed E-state index contributed by atoms with van der Waals surface area (Å²) >= 11 is 3.35. The highest BCUT2D eigenvalue weighted by Gasteiger charge is 2.54. The van der Waals surface area contributed by atoms with Gasteiger partial charge < -0.3 is 19.9 Å². The molecule has 1 saturated heterocycles. The fourth-order valence-corrected chi connectivity index (χ4v) is 4.33. The SMILES string of the molecule is C[C@@H](NC(=O)N1C(=O)[C@H](Cc2cccc(Br)c2)[C@H]1C(=O)O)c1ccc2c(c1)OC(C)(F)O2. The van der Waals surface area contributed by atoms with Crippen LogP contribution in [0.1, 0.15) is 31.0 Å². The third kappa shape index (κ3) is 4.14. The van der Waals surface area contributed by atoms with Crippen LogP contribution in [0.2, 0.25) is 0 Å². The molecule has 4 rings (SSSR count). The number of imide groups is 1. The van der Waals surface area contributed by atoms with E-state index in [1.54, 1.807) is 31.2 Å². The van der Waals surface area contributed by atoms with Crippen LogP contribution in [0.4, 0.5) is 9.18 Å². The number of carbonyl (C=O) groups is 3. The maximum Gasteiger partial charge on any atom is 0.404 e. The van der Waals surface area contributed by atoms with Crippen molar-refractivity contribution < 1.29 is 33.4 Å². The van der Waals surface area contributed by atoms with Gasteiger partial charge in [0.05, 0.1) is 12.0 Å². The van der Waals surface area contributed by atoms with Crippen molar-refractivity contribution in [2.45, 2.75) is 38.4 Å². The molecule has 4 atom stereocenters. The third-order valence-corrected chi connectivity index (χ3v) is 5.92. The molecule has 168 valence electrons. The fourth-order valence-electron chi connectivity index (χ4n) is 3.88. The molecule has 8 nitrogen and oxygen atoms in total. The van der Waals surface area contributed by atoms with Gasteiger partial charge in [-0.25, -0.2) is 14.5 Å². The molecule has 2 N–H and O–H groups in total. The number of halogens is 2. The summed E-state index contributed by atoms with van der Waals surface area (Å²) in [5.41, 5.74) is 1.36. The van der Waals surface area contributed by atoms with Crippen molar-refractivity contribution in [3.8, 4) is 11.5 Å². The molecule has 32 heavy (non-hydrogen) atoms. The Morgan fingerprint density at radius 3 is 2.66 bits per heavy atom. The number of carboxylic acids is 1. The molecular formula is C22H20BrFN2O6. The summed E-state index contributed by atoms with van der Waals surface area (Å²) in [7, 11) is 0. The average molecular weight is 507 g/mol. The number of alkyl halides is 1. The summed E-state index contributed by atoms with van der Waals surface area (Å²) in [6.07, 6.45) is 0.207. The molecule has 0 aromatic heterocycles. The predicted molar refractivity (Wildman–Crippen MR) is 114 cm³/mol. The second-order valence-corrected chi connectivity index (χ2v) is 8.76. The van der Waals surface area contributed by atoms with Crippen LogP contribution in [0.5, 0.6) is 11.5 Å². The molecule has 2 heterocycles. The number of amides is 3. The number of nitrogens with zero attached hydrogens (tertiary/aromatic N) is 1. The van der Waals surface area contributed by atoms with Gasteiger partial charge in [-0.15, -0.1) is 0 Å². The lowest BCUT2D eigenvalue weighted by atomic mass is 9.82. The van der Waals surface area contributed by atoms with Crippen LogP contribution in [-0.2, 0) is 16.0 Å². The minimum atomic E-state index is -2.27. The molecule has 1 fully saturated rings. The number of likely N-dealkylation sites (tertiary alicyclic amines) is 1. The number of aliphatic carboxylic acids is 1. The van der Waals surface area contributed by atoms with Gasteiger partial charge in [0.15, 0.2) is 17.5 Å². The van der Waals surface area contributed by atoms with Crippen molar-refractivity contribution in [2.24, 2.45) is 5.92 Å². The number of hydrogen-bond acceptors (Lipinski definition) is 5. The summed E-state index contributed by atoms with van der Waals surface area (Å²) in [5.74, 6) is -2.23. The van der Waals surface area contributed by atoms with E-state index in [1.807, 2.05) is 6.07 Å². The molecule has 0 bridgehead atoms. The van der Waals surface area contributed by atoms with Crippen molar-refractivity contribution in [1.29, 1.82) is 0 Å². The van der Waals surface area contributed by atoms with Crippen LogP contribution in [0, 0.1) is 5.92 Å². The minimum absolute atomic E-state index is 0.186. The van der Waals surface area contributed by atoms with Gasteiger partial charge in [0.1, 0.15) is 0 Å². The van der Waals surface area contributed by atoms with Gasteiger partial charge >= 0.3 is 18.0 Å². The van der Waals surface area contributed by atoms with E-state index in [9.17, 15) is 23.9 Å². The van der Waals surface area contributed by atoms with Crippen molar-refractivity contribution in [2.75, 3.05) is 0 Å². The molecule has 0 saturated carbocycles. The molecule has 2 aliphatic rings. The molecule has 0 spiro atoms. The number of fused-ring (bicyclic) bond motifs is 1. The van der Waals surface area contributed by atoms with Crippen molar-refractivity contribution in [1.82, 2.24) is 10.2 Å². The lowest BCUT2D eigenvalue weighted by Crippen LogP contribution is -2.68. The molecule has 0 aliphatic carbocycles. The number of rotatable bonds is 5. The molecule has 1 unspecified atom stereocenters. The van der Waals surface area contributed by atoms with E-state index in [2.05, 4.69) is 21.2 Å². The first-order valence-electron chi connectivity index (χ1n) is 9.87. The normalized spacial score (nSPS) is 24.6. The number of β-lactam (4-membered cyclic amide) rings is 1. The number of carboxylic acid groups (broad SMARTS) is 1. The Balaban J connectivity index is 1.45. The maximum absolute atomic E-state index is 13.9. The van der Waals surface area contributed by atoms with Crippen molar-refractivity contribution in [3.05, 3.63) is 58.1 Å². The van der Waals surface area contributed by atoms with E-state index in [1.165, 1.54) is 12.1 Å². The Hall–Kier alpha value is -3.14. The summed E-state index contributed by atoms with van der Waals surface area (Å²) in [4.78, 5) is 37.9. The smallest absolute Gasteiger partial charge is 0.404 e. The third-order valence-electron chi connectivity index (χ3n) is 5.42. The number of carbonyl (C=O) groups excluding carboxylic acids is 2. The topological polar surface area (TPSA) is 105 Å². The van der Waals surface area contributed by atoms with E-state index in [0.29, 0.717) is 5.56 Å². The van der Waals surface area contributed by atoms with Gasteiger partial charge in [0, 0.05) is 11.4 Å². The molecule has 3 amide bonds. The van der Waals surface area contributed by atoms with Gasteiger partial charge in [0.25, 0.3) is 0 Å². The number of nitrogens with one attached hydrogen (secondary N) is 1. The lowest BCUT2D eigenvalue weighted by Gasteiger charge is -2.43. The Kier molecular flexibility index (Phi) is 5.58. The average Bonchev–Trinajstić information content (AvgIpc) is 3.02. The molecule has 2 aromatic carbocycles. The zero-order valence-corrected chi connectivity index (χ0v) is 18.8. The van der Waals surface area contributed by atoms with Crippen LogP contribution >= 0.6 is 15.9 Å². The van der Waals surface area contributed by atoms with Crippen LogP contribution in [0.25, 0.3) is 0 Å².